The second-order valence-electron chi connectivity index (χ2n) is 24.1. The Bertz CT molecular complexity index is 1800. The molecule has 0 aromatic carbocycles. The highest BCUT2D eigenvalue weighted by molar-refractivity contribution is 7.47. The lowest BCUT2D eigenvalue weighted by molar-refractivity contribution is -0.161. The van der Waals surface area contributed by atoms with Crippen molar-refractivity contribution in [1.29, 1.82) is 0 Å². The van der Waals surface area contributed by atoms with Crippen molar-refractivity contribution in [3.63, 3.8) is 0 Å². The average molecular weight is 1230 g/mol. The molecule has 2 atom stereocenters. The van der Waals surface area contributed by atoms with Gasteiger partial charge in [-0.2, -0.15) is 0 Å². The standard InChI is InChI=1S/C77H136NO8P/c1-3-5-7-9-11-13-15-17-19-21-23-25-27-29-31-32-33-34-35-36-37-38-39-40-41-42-44-45-47-49-51-53-55-57-59-61-63-65-67-69-76(79)83-73-75(74-85-87(81,82)84-72-71-78)86-77(80)70-68-66-64-62-60-58-56-54-52-50-48-46-43-30-28-26-24-22-20-18-16-14-12-10-8-6-4-2/h6,8,12,14-15,17-18,20-21,23-24,26,30,43,48,50,54,56,75H,3-5,7,9-11,13,16,19,22,25,27-29,31-42,44-47,49,51-53,55,57-74,78H2,1-2H3,(H,81,82)/b8-6-,14-12-,17-15-,20-18-,23-21-,26-24-,43-30-,50-48-,56-54-. The van der Waals surface area contributed by atoms with E-state index in [9.17, 15) is 19.0 Å². The van der Waals surface area contributed by atoms with E-state index in [1.54, 1.807) is 0 Å². The zero-order valence-electron chi connectivity index (χ0n) is 56.5. The summed E-state index contributed by atoms with van der Waals surface area (Å²) in [5, 5.41) is 0. The zero-order valence-corrected chi connectivity index (χ0v) is 57.4. The minimum absolute atomic E-state index is 0.0460. The fourth-order valence-electron chi connectivity index (χ4n) is 10.3. The lowest BCUT2D eigenvalue weighted by Gasteiger charge is -2.19. The molecule has 2 unspecified atom stereocenters. The monoisotopic (exact) mass is 1230 g/mol. The molecule has 87 heavy (non-hydrogen) atoms. The van der Waals surface area contributed by atoms with Gasteiger partial charge >= 0.3 is 19.8 Å². The van der Waals surface area contributed by atoms with Crippen LogP contribution in [0.3, 0.4) is 0 Å². The number of allylic oxidation sites excluding steroid dienone is 18. The molecule has 0 aliphatic rings. The number of rotatable bonds is 68. The van der Waals surface area contributed by atoms with Gasteiger partial charge in [0, 0.05) is 19.4 Å². The van der Waals surface area contributed by atoms with Crippen LogP contribution in [-0.2, 0) is 32.7 Å². The molecule has 0 bridgehead atoms. The molecule has 3 N–H and O–H groups in total. The molecular weight excluding hydrogens is 1100 g/mol. The van der Waals surface area contributed by atoms with Crippen LogP contribution in [0.5, 0.6) is 0 Å². The first-order valence-corrected chi connectivity index (χ1v) is 37.9. The van der Waals surface area contributed by atoms with Gasteiger partial charge < -0.3 is 20.1 Å². The summed E-state index contributed by atoms with van der Waals surface area (Å²) in [5.74, 6) is -0.844. The Hall–Kier alpha value is -3.33. The third-order valence-corrected chi connectivity index (χ3v) is 16.6. The molecule has 0 rings (SSSR count). The molecule has 0 aliphatic carbocycles. The second-order valence-corrected chi connectivity index (χ2v) is 25.5. The molecule has 0 fully saturated rings. The minimum Gasteiger partial charge on any atom is -0.462 e. The van der Waals surface area contributed by atoms with E-state index in [1.807, 2.05) is 0 Å². The van der Waals surface area contributed by atoms with Crippen LogP contribution in [-0.4, -0.2) is 49.3 Å². The van der Waals surface area contributed by atoms with Crippen molar-refractivity contribution in [2.75, 3.05) is 26.4 Å². The van der Waals surface area contributed by atoms with Gasteiger partial charge in [0.05, 0.1) is 13.2 Å². The van der Waals surface area contributed by atoms with Crippen molar-refractivity contribution in [3.05, 3.63) is 109 Å². The van der Waals surface area contributed by atoms with Crippen LogP contribution in [0.4, 0.5) is 0 Å². The summed E-state index contributed by atoms with van der Waals surface area (Å²) in [6, 6.07) is 0. The molecule has 0 heterocycles. The van der Waals surface area contributed by atoms with E-state index in [4.69, 9.17) is 24.3 Å². The third-order valence-electron chi connectivity index (χ3n) is 15.6. The Morgan fingerprint density at radius 3 is 0.943 bits per heavy atom. The highest BCUT2D eigenvalue weighted by Gasteiger charge is 2.26. The van der Waals surface area contributed by atoms with Gasteiger partial charge in [-0.3, -0.25) is 18.6 Å². The van der Waals surface area contributed by atoms with Gasteiger partial charge in [-0.15, -0.1) is 0 Å². The van der Waals surface area contributed by atoms with E-state index in [1.165, 1.54) is 199 Å². The maximum atomic E-state index is 12.8. The van der Waals surface area contributed by atoms with Crippen LogP contribution in [0.2, 0.25) is 0 Å². The summed E-state index contributed by atoms with van der Waals surface area (Å²) in [6.45, 7) is 3.62. The number of nitrogens with two attached hydrogens (primary N) is 1. The molecule has 0 aromatic rings. The maximum absolute atomic E-state index is 12.8. The molecule has 9 nitrogen and oxygen atoms in total. The van der Waals surface area contributed by atoms with E-state index < -0.39 is 26.5 Å². The number of hydrogen-bond donors (Lipinski definition) is 2. The highest BCUT2D eigenvalue weighted by atomic mass is 31.2. The van der Waals surface area contributed by atoms with Gasteiger partial charge in [-0.25, -0.2) is 4.57 Å². The number of esters is 2. The van der Waals surface area contributed by atoms with E-state index in [0.29, 0.717) is 6.42 Å². The Kier molecular flexibility index (Phi) is 69.0. The first-order chi connectivity index (χ1) is 42.8. The number of phosphoric acid groups is 1. The average Bonchev–Trinajstić information content (AvgIpc) is 3.62. The molecule has 0 spiro atoms. The minimum atomic E-state index is -4.41. The fourth-order valence-corrected chi connectivity index (χ4v) is 11.1. The first kappa shape index (κ1) is 83.7. The van der Waals surface area contributed by atoms with Gasteiger partial charge in [-0.05, 0) is 103 Å². The molecule has 0 amide bonds. The summed E-state index contributed by atoms with van der Waals surface area (Å²) in [4.78, 5) is 35.4. The number of phosphoric ester groups is 1. The predicted molar refractivity (Wildman–Crippen MR) is 376 cm³/mol. The van der Waals surface area contributed by atoms with E-state index >= 15 is 0 Å². The number of carbonyl (C=O) groups excluding carboxylic acids is 2. The van der Waals surface area contributed by atoms with Gasteiger partial charge in [0.15, 0.2) is 6.10 Å². The molecule has 0 radical (unpaired) electrons. The summed E-state index contributed by atoms with van der Waals surface area (Å²) >= 11 is 0. The van der Waals surface area contributed by atoms with Crippen LogP contribution in [0.25, 0.3) is 0 Å². The smallest absolute Gasteiger partial charge is 0.462 e. The van der Waals surface area contributed by atoms with Gasteiger partial charge in [0.25, 0.3) is 0 Å². The van der Waals surface area contributed by atoms with E-state index in [2.05, 4.69) is 123 Å². The summed E-state index contributed by atoms with van der Waals surface area (Å²) in [7, 11) is -4.41. The molecule has 0 saturated carbocycles. The van der Waals surface area contributed by atoms with Crippen molar-refractivity contribution in [2.45, 2.75) is 341 Å². The molecule has 0 aliphatic heterocycles. The van der Waals surface area contributed by atoms with Crippen LogP contribution in [0, 0.1) is 0 Å². The zero-order chi connectivity index (χ0) is 63.0. The maximum Gasteiger partial charge on any atom is 0.472 e. The second kappa shape index (κ2) is 71.7. The highest BCUT2D eigenvalue weighted by Crippen LogP contribution is 2.43. The topological polar surface area (TPSA) is 134 Å². The number of unbranched alkanes of at least 4 members (excludes halogenated alkanes) is 37. The molecule has 502 valence electrons. The number of hydrogen-bond acceptors (Lipinski definition) is 8. The summed E-state index contributed by atoms with van der Waals surface area (Å²) in [5.41, 5.74) is 5.40. The fraction of sp³-hybridized carbons (Fsp3) is 0.740. The van der Waals surface area contributed by atoms with Crippen LogP contribution >= 0.6 is 7.82 Å². The lowest BCUT2D eigenvalue weighted by atomic mass is 10.0. The van der Waals surface area contributed by atoms with Crippen molar-refractivity contribution in [2.24, 2.45) is 5.73 Å². The van der Waals surface area contributed by atoms with Crippen molar-refractivity contribution in [3.8, 4) is 0 Å². The molecule has 0 saturated heterocycles. The normalized spacial score (nSPS) is 13.6. The SMILES string of the molecule is CC/C=C\C/C=C\C/C=C\C/C=C\C/C=C\C/C=C\C/C=C\CCCCCCCC(=O)OC(COC(=O)CCCCCCCCCCCCCCCCCCCCCCCCCCCCC/C=C\C/C=C\CCCCCCC)COP(=O)(O)OCCN. The Balaban J connectivity index is 3.85. The van der Waals surface area contributed by atoms with Gasteiger partial charge in [0.2, 0.25) is 0 Å². The Morgan fingerprint density at radius 2 is 0.632 bits per heavy atom. The number of ether oxygens (including phenoxy) is 2. The lowest BCUT2D eigenvalue weighted by Crippen LogP contribution is -2.29. The summed E-state index contributed by atoms with van der Waals surface area (Å²) < 4.78 is 33.2. The van der Waals surface area contributed by atoms with Crippen molar-refractivity contribution >= 4 is 19.8 Å². The van der Waals surface area contributed by atoms with Crippen molar-refractivity contribution in [1.82, 2.24) is 0 Å². The van der Waals surface area contributed by atoms with Crippen LogP contribution in [0.1, 0.15) is 335 Å². The predicted octanol–water partition coefficient (Wildman–Crippen LogP) is 24.1. The van der Waals surface area contributed by atoms with E-state index in [0.717, 1.165) is 103 Å². The van der Waals surface area contributed by atoms with Gasteiger partial charge in [0.1, 0.15) is 6.61 Å². The molecule has 0 aromatic heterocycles. The van der Waals surface area contributed by atoms with E-state index in [-0.39, 0.29) is 38.6 Å². The first-order valence-electron chi connectivity index (χ1n) is 36.4. The van der Waals surface area contributed by atoms with Crippen LogP contribution in [0.15, 0.2) is 109 Å². The number of carbonyl (C=O) groups is 2. The largest absolute Gasteiger partial charge is 0.472 e. The van der Waals surface area contributed by atoms with Gasteiger partial charge in [-0.1, -0.05) is 329 Å². The van der Waals surface area contributed by atoms with Crippen LogP contribution < -0.4 is 5.73 Å². The molecule has 10 heteroatoms. The quantitative estimate of drug-likeness (QED) is 0.0264. The Labute approximate surface area is 537 Å². The molecular formula is C77H136NO8P. The van der Waals surface area contributed by atoms with Crippen molar-refractivity contribution < 1.29 is 37.6 Å². The Morgan fingerprint density at radius 1 is 0.356 bits per heavy atom. The summed E-state index contributed by atoms with van der Waals surface area (Å²) in [6.07, 6.45) is 99.2. The third kappa shape index (κ3) is 71.6.